The molecule has 0 amide bonds. The summed E-state index contributed by atoms with van der Waals surface area (Å²) >= 11 is 0. The van der Waals surface area contributed by atoms with Crippen LogP contribution in [0.1, 0.15) is 32.6 Å². The Kier molecular flexibility index (Phi) is 7.62. The summed E-state index contributed by atoms with van der Waals surface area (Å²) in [5, 5.41) is 0. The van der Waals surface area contributed by atoms with Gasteiger partial charge in [0.2, 0.25) is 10.0 Å². The largest absolute Gasteiger partial charge is 0.494 e. The van der Waals surface area contributed by atoms with Crippen molar-refractivity contribution in [2.45, 2.75) is 43.5 Å². The molecule has 0 saturated heterocycles. The van der Waals surface area contributed by atoms with Crippen molar-refractivity contribution in [1.29, 1.82) is 0 Å². The Morgan fingerprint density at radius 1 is 1.27 bits per heavy atom. The topological polar surface area (TPSA) is 81.4 Å². The lowest BCUT2D eigenvalue weighted by atomic mass is 10.1. The van der Waals surface area contributed by atoms with E-state index in [1.807, 2.05) is 6.92 Å². The minimum absolute atomic E-state index is 0. The molecule has 0 radical (unpaired) electrons. The van der Waals surface area contributed by atoms with Gasteiger partial charge in [0, 0.05) is 6.04 Å². The maximum atomic E-state index is 12.4. The maximum absolute atomic E-state index is 12.4. The maximum Gasteiger partial charge on any atom is 0.240 e. The Balaban J connectivity index is 0.00000242. The van der Waals surface area contributed by atoms with E-state index in [2.05, 4.69) is 4.72 Å². The molecule has 7 heteroatoms. The van der Waals surface area contributed by atoms with Crippen molar-refractivity contribution in [2.24, 2.45) is 11.7 Å². The zero-order valence-electron chi connectivity index (χ0n) is 12.8. The second-order valence-electron chi connectivity index (χ2n) is 5.47. The van der Waals surface area contributed by atoms with Crippen LogP contribution in [0.3, 0.4) is 0 Å². The second-order valence-corrected chi connectivity index (χ2v) is 7.19. The Morgan fingerprint density at radius 3 is 2.55 bits per heavy atom. The smallest absolute Gasteiger partial charge is 0.240 e. The molecule has 1 aliphatic rings. The summed E-state index contributed by atoms with van der Waals surface area (Å²) in [6.45, 7) is 3.18. The Morgan fingerprint density at radius 2 is 1.95 bits per heavy atom. The molecule has 2 unspecified atom stereocenters. The molecule has 0 heterocycles. The SMILES string of the molecule is CCCOc1ccc(S(=O)(=O)NC2CCCC2CN)cc1.Cl. The molecule has 126 valence electrons. The average molecular weight is 349 g/mol. The summed E-state index contributed by atoms with van der Waals surface area (Å²) in [6.07, 6.45) is 3.80. The third-order valence-corrected chi connectivity index (χ3v) is 5.38. The van der Waals surface area contributed by atoms with Crippen LogP contribution in [0.5, 0.6) is 5.75 Å². The predicted octanol–water partition coefficient (Wildman–Crippen LogP) is 2.30. The van der Waals surface area contributed by atoms with E-state index in [9.17, 15) is 8.42 Å². The molecule has 1 fully saturated rings. The van der Waals surface area contributed by atoms with Crippen molar-refractivity contribution in [1.82, 2.24) is 4.72 Å². The molecule has 1 aliphatic carbocycles. The molecule has 2 atom stereocenters. The molecule has 3 N–H and O–H groups in total. The number of hydrogen-bond acceptors (Lipinski definition) is 4. The Bertz CT molecular complexity index is 548. The van der Waals surface area contributed by atoms with Gasteiger partial charge in [-0.3, -0.25) is 0 Å². The van der Waals surface area contributed by atoms with Crippen molar-refractivity contribution < 1.29 is 13.2 Å². The van der Waals surface area contributed by atoms with E-state index >= 15 is 0 Å². The van der Waals surface area contributed by atoms with Gasteiger partial charge in [-0.05, 0) is 56.0 Å². The lowest BCUT2D eigenvalue weighted by molar-refractivity contribution is 0.317. The van der Waals surface area contributed by atoms with Gasteiger partial charge in [0.1, 0.15) is 5.75 Å². The van der Waals surface area contributed by atoms with E-state index in [1.165, 1.54) is 0 Å². The average Bonchev–Trinajstić information content (AvgIpc) is 2.92. The van der Waals surface area contributed by atoms with E-state index in [0.717, 1.165) is 25.7 Å². The fourth-order valence-electron chi connectivity index (χ4n) is 2.68. The number of halogens is 1. The van der Waals surface area contributed by atoms with Crippen molar-refractivity contribution in [2.75, 3.05) is 13.2 Å². The van der Waals surface area contributed by atoms with E-state index in [4.69, 9.17) is 10.5 Å². The van der Waals surface area contributed by atoms with E-state index < -0.39 is 10.0 Å². The van der Waals surface area contributed by atoms with E-state index in [0.29, 0.717) is 18.9 Å². The van der Waals surface area contributed by atoms with E-state index in [1.54, 1.807) is 24.3 Å². The third-order valence-electron chi connectivity index (χ3n) is 3.88. The standard InChI is InChI=1S/C15H24N2O3S.ClH/c1-2-10-20-13-6-8-14(9-7-13)21(18,19)17-15-5-3-4-12(15)11-16;/h6-9,12,15,17H,2-5,10-11,16H2,1H3;1H. The van der Waals surface area contributed by atoms with E-state index in [-0.39, 0.29) is 29.3 Å². The van der Waals surface area contributed by atoms with Crippen LogP contribution in [-0.4, -0.2) is 27.6 Å². The quantitative estimate of drug-likeness (QED) is 0.792. The van der Waals surface area contributed by atoms with Crippen LogP contribution in [-0.2, 0) is 10.0 Å². The number of ether oxygens (including phenoxy) is 1. The molecule has 22 heavy (non-hydrogen) atoms. The first-order chi connectivity index (χ1) is 10.1. The summed E-state index contributed by atoms with van der Waals surface area (Å²) in [7, 11) is -3.49. The number of rotatable bonds is 7. The lowest BCUT2D eigenvalue weighted by Gasteiger charge is -2.19. The molecule has 0 bridgehead atoms. The van der Waals surface area contributed by atoms with Gasteiger partial charge in [-0.2, -0.15) is 0 Å². The molecule has 2 rings (SSSR count). The van der Waals surface area contributed by atoms with Crippen LogP contribution in [0.15, 0.2) is 29.2 Å². The van der Waals surface area contributed by atoms with Crippen LogP contribution in [0, 0.1) is 5.92 Å². The summed E-state index contributed by atoms with van der Waals surface area (Å²) in [4.78, 5) is 0.272. The minimum atomic E-state index is -3.49. The van der Waals surface area contributed by atoms with Gasteiger partial charge >= 0.3 is 0 Å². The van der Waals surface area contributed by atoms with Crippen molar-refractivity contribution in [3.05, 3.63) is 24.3 Å². The number of hydrogen-bond donors (Lipinski definition) is 2. The predicted molar refractivity (Wildman–Crippen MR) is 90.0 cm³/mol. The van der Waals surface area contributed by atoms with Crippen LogP contribution in [0.25, 0.3) is 0 Å². The Hall–Kier alpha value is -0.820. The first kappa shape index (κ1) is 19.2. The molecule has 0 aromatic heterocycles. The zero-order valence-corrected chi connectivity index (χ0v) is 14.5. The van der Waals surface area contributed by atoms with Gasteiger partial charge in [0.05, 0.1) is 11.5 Å². The zero-order chi connectivity index (χ0) is 15.3. The van der Waals surface area contributed by atoms with Gasteiger partial charge in [-0.25, -0.2) is 13.1 Å². The fourth-order valence-corrected chi connectivity index (χ4v) is 4.02. The molecular formula is C15H25ClN2O3S. The highest BCUT2D eigenvalue weighted by Gasteiger charge is 2.30. The number of nitrogens with two attached hydrogens (primary N) is 1. The molecule has 1 aromatic carbocycles. The molecule has 1 saturated carbocycles. The van der Waals surface area contributed by atoms with Crippen molar-refractivity contribution in [3.63, 3.8) is 0 Å². The molecular weight excluding hydrogens is 324 g/mol. The lowest BCUT2D eigenvalue weighted by Crippen LogP contribution is -2.39. The van der Waals surface area contributed by atoms with Crippen LogP contribution in [0.2, 0.25) is 0 Å². The van der Waals surface area contributed by atoms with Gasteiger partial charge in [-0.1, -0.05) is 13.3 Å². The summed E-state index contributed by atoms with van der Waals surface area (Å²) in [5.74, 6) is 0.934. The Labute approximate surface area is 139 Å². The number of sulfonamides is 1. The van der Waals surface area contributed by atoms with Gasteiger partial charge < -0.3 is 10.5 Å². The summed E-state index contributed by atoms with van der Waals surface area (Å²) in [6, 6.07) is 6.51. The third kappa shape index (κ3) is 4.84. The normalized spacial score (nSPS) is 21.4. The van der Waals surface area contributed by atoms with Gasteiger partial charge in [0.15, 0.2) is 0 Å². The highest BCUT2D eigenvalue weighted by molar-refractivity contribution is 7.89. The first-order valence-corrected chi connectivity index (χ1v) is 9.00. The molecule has 1 aromatic rings. The van der Waals surface area contributed by atoms with Crippen LogP contribution < -0.4 is 15.2 Å². The first-order valence-electron chi connectivity index (χ1n) is 7.52. The monoisotopic (exact) mass is 348 g/mol. The van der Waals surface area contributed by atoms with Crippen molar-refractivity contribution >= 4 is 22.4 Å². The van der Waals surface area contributed by atoms with Gasteiger partial charge in [-0.15, -0.1) is 12.4 Å². The molecule has 0 spiro atoms. The molecule has 5 nitrogen and oxygen atoms in total. The van der Waals surface area contributed by atoms with Gasteiger partial charge in [0.25, 0.3) is 0 Å². The minimum Gasteiger partial charge on any atom is -0.494 e. The van der Waals surface area contributed by atoms with Crippen molar-refractivity contribution in [3.8, 4) is 5.75 Å². The van der Waals surface area contributed by atoms with Crippen LogP contribution in [0.4, 0.5) is 0 Å². The summed E-state index contributed by atoms with van der Waals surface area (Å²) in [5.41, 5.74) is 5.70. The molecule has 0 aliphatic heterocycles. The highest BCUT2D eigenvalue weighted by atomic mass is 35.5. The summed E-state index contributed by atoms with van der Waals surface area (Å²) < 4.78 is 33.0. The second kappa shape index (κ2) is 8.72. The highest BCUT2D eigenvalue weighted by Crippen LogP contribution is 2.26. The number of nitrogens with one attached hydrogen (secondary N) is 1. The van der Waals surface area contributed by atoms with Crippen LogP contribution >= 0.6 is 12.4 Å². The number of benzene rings is 1. The fraction of sp³-hybridized carbons (Fsp3) is 0.600.